The van der Waals surface area contributed by atoms with E-state index in [-0.39, 0.29) is 11.2 Å². The van der Waals surface area contributed by atoms with Gasteiger partial charge in [-0.3, -0.25) is 9.48 Å². The molecule has 0 saturated carbocycles. The van der Waals surface area contributed by atoms with Crippen LogP contribution in [0.4, 0.5) is 5.69 Å². The first kappa shape index (κ1) is 12.7. The van der Waals surface area contributed by atoms with Gasteiger partial charge in [-0.05, 0) is 12.5 Å². The van der Waals surface area contributed by atoms with Crippen molar-refractivity contribution in [1.29, 1.82) is 0 Å². The fourth-order valence-corrected chi connectivity index (χ4v) is 1.60. The molecular weight excluding hydrogens is 246 g/mol. The maximum atomic E-state index is 11.5. The average molecular weight is 261 g/mol. The van der Waals surface area contributed by atoms with Gasteiger partial charge in [-0.15, -0.1) is 0 Å². The van der Waals surface area contributed by atoms with E-state index >= 15 is 0 Å². The molecule has 0 aliphatic rings. The van der Waals surface area contributed by atoms with Gasteiger partial charge in [0.15, 0.2) is 0 Å². The molecular formula is C13H15N3OS. The molecule has 1 aromatic heterocycles. The van der Waals surface area contributed by atoms with Crippen LogP contribution in [0.15, 0.2) is 42.7 Å². The Kier molecular flexibility index (Phi) is 4.04. The lowest BCUT2D eigenvalue weighted by atomic mass is 10.2. The maximum Gasteiger partial charge on any atom is 0.237 e. The molecule has 4 nitrogen and oxygen atoms in total. The van der Waals surface area contributed by atoms with Crippen LogP contribution in [0.1, 0.15) is 12.5 Å². The summed E-state index contributed by atoms with van der Waals surface area (Å²) in [6.45, 7) is 2.42. The predicted octanol–water partition coefficient (Wildman–Crippen LogP) is 2.19. The molecule has 18 heavy (non-hydrogen) atoms. The van der Waals surface area contributed by atoms with E-state index in [0.717, 1.165) is 0 Å². The summed E-state index contributed by atoms with van der Waals surface area (Å²) in [7, 11) is 0. The molecule has 1 amide bonds. The first-order chi connectivity index (χ1) is 8.65. The molecule has 1 aromatic carbocycles. The summed E-state index contributed by atoms with van der Waals surface area (Å²) in [5.74, 6) is -0.127. The number of hydrogen-bond acceptors (Lipinski definition) is 3. The van der Waals surface area contributed by atoms with Crippen LogP contribution < -0.4 is 5.32 Å². The molecule has 0 fully saturated rings. The molecule has 5 heteroatoms. The van der Waals surface area contributed by atoms with Gasteiger partial charge in [0, 0.05) is 6.20 Å². The van der Waals surface area contributed by atoms with Gasteiger partial charge in [0.1, 0.15) is 0 Å². The second kappa shape index (κ2) is 5.73. The number of thiol groups is 1. The number of benzene rings is 1. The van der Waals surface area contributed by atoms with Gasteiger partial charge in [0.25, 0.3) is 0 Å². The highest BCUT2D eigenvalue weighted by Gasteiger charge is 2.09. The van der Waals surface area contributed by atoms with E-state index in [1.54, 1.807) is 24.0 Å². The topological polar surface area (TPSA) is 46.9 Å². The minimum atomic E-state index is -0.331. The van der Waals surface area contributed by atoms with E-state index in [0.29, 0.717) is 12.2 Å². The highest BCUT2D eigenvalue weighted by atomic mass is 32.1. The van der Waals surface area contributed by atoms with E-state index in [9.17, 15) is 4.79 Å². The van der Waals surface area contributed by atoms with Crippen LogP contribution >= 0.6 is 12.6 Å². The normalized spacial score (nSPS) is 12.1. The van der Waals surface area contributed by atoms with Crippen LogP contribution in [0.3, 0.4) is 0 Å². The summed E-state index contributed by atoms with van der Waals surface area (Å²) in [6, 6.07) is 10.0. The van der Waals surface area contributed by atoms with E-state index < -0.39 is 0 Å². The molecule has 0 aliphatic carbocycles. The molecule has 2 rings (SSSR count). The average Bonchev–Trinajstić information content (AvgIpc) is 2.77. The summed E-state index contributed by atoms with van der Waals surface area (Å²) in [6.07, 6.45) is 3.44. The Labute approximate surface area is 111 Å². The number of amides is 1. The zero-order valence-electron chi connectivity index (χ0n) is 10.1. The Bertz CT molecular complexity index is 522. The van der Waals surface area contributed by atoms with Gasteiger partial charge in [0.2, 0.25) is 5.91 Å². The monoisotopic (exact) mass is 261 g/mol. The Morgan fingerprint density at radius 2 is 2.17 bits per heavy atom. The van der Waals surface area contributed by atoms with Crippen molar-refractivity contribution >= 4 is 24.2 Å². The minimum Gasteiger partial charge on any atom is -0.322 e. The molecule has 1 N–H and O–H groups in total. The highest BCUT2D eigenvalue weighted by molar-refractivity contribution is 7.81. The van der Waals surface area contributed by atoms with Crippen LogP contribution in [-0.4, -0.2) is 20.9 Å². The summed E-state index contributed by atoms with van der Waals surface area (Å²) in [5.41, 5.74) is 1.86. The quantitative estimate of drug-likeness (QED) is 0.829. The van der Waals surface area contributed by atoms with Crippen molar-refractivity contribution in [2.45, 2.75) is 18.7 Å². The molecule has 94 valence electrons. The maximum absolute atomic E-state index is 11.5. The van der Waals surface area contributed by atoms with Gasteiger partial charge in [-0.25, -0.2) is 0 Å². The number of rotatable bonds is 4. The molecule has 1 unspecified atom stereocenters. The summed E-state index contributed by atoms with van der Waals surface area (Å²) >= 11 is 4.07. The van der Waals surface area contributed by atoms with Gasteiger partial charge in [-0.2, -0.15) is 17.7 Å². The van der Waals surface area contributed by atoms with Gasteiger partial charge < -0.3 is 5.32 Å². The van der Waals surface area contributed by atoms with Crippen LogP contribution in [0, 0.1) is 0 Å². The van der Waals surface area contributed by atoms with E-state index in [2.05, 4.69) is 23.0 Å². The number of carbonyl (C=O) groups excluding carboxylic acids is 1. The third-order valence-electron chi connectivity index (χ3n) is 2.47. The molecule has 0 aliphatic heterocycles. The van der Waals surface area contributed by atoms with Crippen LogP contribution in [0.5, 0.6) is 0 Å². The second-order valence-electron chi connectivity index (χ2n) is 4.08. The van der Waals surface area contributed by atoms with Crippen molar-refractivity contribution in [3.8, 4) is 0 Å². The number of aromatic nitrogens is 2. The molecule has 0 saturated heterocycles. The first-order valence-corrected chi connectivity index (χ1v) is 6.22. The van der Waals surface area contributed by atoms with Crippen molar-refractivity contribution in [2.75, 3.05) is 5.32 Å². The molecule has 0 spiro atoms. The number of nitrogens with zero attached hydrogens (tertiary/aromatic N) is 2. The summed E-state index contributed by atoms with van der Waals surface area (Å²) < 4.78 is 1.79. The first-order valence-electron chi connectivity index (χ1n) is 5.70. The van der Waals surface area contributed by atoms with E-state index in [4.69, 9.17) is 0 Å². The van der Waals surface area contributed by atoms with Crippen molar-refractivity contribution in [3.05, 3.63) is 48.3 Å². The molecule has 1 heterocycles. The summed E-state index contributed by atoms with van der Waals surface area (Å²) in [4.78, 5) is 11.5. The van der Waals surface area contributed by atoms with E-state index in [1.165, 1.54) is 5.56 Å². The van der Waals surface area contributed by atoms with Crippen molar-refractivity contribution in [1.82, 2.24) is 9.78 Å². The highest BCUT2D eigenvalue weighted by Crippen LogP contribution is 2.09. The number of carbonyl (C=O) groups is 1. The largest absolute Gasteiger partial charge is 0.322 e. The van der Waals surface area contributed by atoms with Crippen molar-refractivity contribution < 1.29 is 4.79 Å². The Balaban J connectivity index is 2.00. The third kappa shape index (κ3) is 3.37. The predicted molar refractivity (Wildman–Crippen MR) is 74.8 cm³/mol. The standard InChI is InChI=1S/C13H15N3OS/c1-10(18)13(17)15-12-7-14-16(9-12)8-11-5-3-2-4-6-11/h2-7,9-10,18H,8H2,1H3,(H,15,17). The summed E-state index contributed by atoms with van der Waals surface area (Å²) in [5, 5.41) is 6.62. The Hall–Kier alpha value is -1.75. The molecule has 2 aromatic rings. The SMILES string of the molecule is CC(S)C(=O)Nc1cnn(Cc2ccccc2)c1. The van der Waals surface area contributed by atoms with Crippen LogP contribution in [0.25, 0.3) is 0 Å². The van der Waals surface area contributed by atoms with Crippen LogP contribution in [0.2, 0.25) is 0 Å². The lowest BCUT2D eigenvalue weighted by Gasteiger charge is -2.04. The Morgan fingerprint density at radius 3 is 2.83 bits per heavy atom. The van der Waals surface area contributed by atoms with Crippen LogP contribution in [-0.2, 0) is 11.3 Å². The van der Waals surface area contributed by atoms with Crippen molar-refractivity contribution in [2.24, 2.45) is 0 Å². The third-order valence-corrected chi connectivity index (χ3v) is 2.70. The fourth-order valence-electron chi connectivity index (χ4n) is 1.53. The van der Waals surface area contributed by atoms with Crippen molar-refractivity contribution in [3.63, 3.8) is 0 Å². The number of anilines is 1. The second-order valence-corrected chi connectivity index (χ2v) is 4.85. The fraction of sp³-hybridized carbons (Fsp3) is 0.231. The zero-order chi connectivity index (χ0) is 13.0. The van der Waals surface area contributed by atoms with Gasteiger partial charge in [0.05, 0.1) is 23.7 Å². The van der Waals surface area contributed by atoms with Gasteiger partial charge >= 0.3 is 0 Å². The zero-order valence-corrected chi connectivity index (χ0v) is 11.0. The minimum absolute atomic E-state index is 0.127. The van der Waals surface area contributed by atoms with E-state index in [1.807, 2.05) is 30.3 Å². The molecule has 0 bridgehead atoms. The smallest absolute Gasteiger partial charge is 0.237 e. The molecule has 0 radical (unpaired) electrons. The lowest BCUT2D eigenvalue weighted by Crippen LogP contribution is -2.20. The van der Waals surface area contributed by atoms with Gasteiger partial charge in [-0.1, -0.05) is 30.3 Å². The molecule has 1 atom stereocenters. The number of nitrogens with one attached hydrogen (secondary N) is 1. The Morgan fingerprint density at radius 1 is 1.44 bits per heavy atom. The lowest BCUT2D eigenvalue weighted by molar-refractivity contribution is -0.115. The number of hydrogen-bond donors (Lipinski definition) is 2.